The van der Waals surface area contributed by atoms with Crippen LogP contribution in [-0.2, 0) is 4.74 Å². The number of carboxylic acids is 1. The van der Waals surface area contributed by atoms with Crippen LogP contribution in [0.4, 0.5) is 17.3 Å². The predicted octanol–water partition coefficient (Wildman–Crippen LogP) is 1.84. The van der Waals surface area contributed by atoms with E-state index < -0.39 is 5.97 Å². The van der Waals surface area contributed by atoms with E-state index in [-0.39, 0.29) is 29.0 Å². The van der Waals surface area contributed by atoms with Crippen molar-refractivity contribution in [2.75, 3.05) is 23.8 Å². The van der Waals surface area contributed by atoms with Gasteiger partial charge in [0.05, 0.1) is 30.9 Å². The summed E-state index contributed by atoms with van der Waals surface area (Å²) < 4.78 is 5.31. The Labute approximate surface area is 150 Å². The highest BCUT2D eigenvalue weighted by atomic mass is 16.5. The molecule has 0 bridgehead atoms. The maximum atomic E-state index is 11.7. The number of aryl methyl sites for hydroxylation is 1. The van der Waals surface area contributed by atoms with Crippen LogP contribution in [0, 0.1) is 18.3 Å². The SMILES string of the molecule is Cc1cccc(Nc2nc(N[C@@H]3COC[C@@H]3N)cc(C#N)c2C(=O)O)c1. The van der Waals surface area contributed by atoms with Gasteiger partial charge in [-0.3, -0.25) is 0 Å². The summed E-state index contributed by atoms with van der Waals surface area (Å²) in [6.07, 6.45) is 0. The van der Waals surface area contributed by atoms with Crippen LogP contribution in [0.15, 0.2) is 30.3 Å². The van der Waals surface area contributed by atoms with Crippen LogP contribution in [0.5, 0.6) is 0 Å². The Morgan fingerprint density at radius 2 is 2.23 bits per heavy atom. The number of rotatable bonds is 5. The highest BCUT2D eigenvalue weighted by Gasteiger charge is 2.26. The van der Waals surface area contributed by atoms with Gasteiger partial charge in [0, 0.05) is 5.69 Å². The molecular weight excluding hydrogens is 334 g/mol. The summed E-state index contributed by atoms with van der Waals surface area (Å²) in [5.41, 5.74) is 7.49. The van der Waals surface area contributed by atoms with Gasteiger partial charge in [0.25, 0.3) is 0 Å². The molecule has 0 radical (unpaired) electrons. The zero-order valence-corrected chi connectivity index (χ0v) is 14.2. The monoisotopic (exact) mass is 353 g/mol. The molecule has 1 aliphatic rings. The van der Waals surface area contributed by atoms with Crippen molar-refractivity contribution in [3.05, 3.63) is 47.0 Å². The molecule has 134 valence electrons. The van der Waals surface area contributed by atoms with Crippen LogP contribution in [0.2, 0.25) is 0 Å². The van der Waals surface area contributed by atoms with Crippen LogP contribution in [0.3, 0.4) is 0 Å². The molecule has 2 atom stereocenters. The highest BCUT2D eigenvalue weighted by molar-refractivity contribution is 5.97. The van der Waals surface area contributed by atoms with Crippen molar-refractivity contribution in [3.8, 4) is 6.07 Å². The van der Waals surface area contributed by atoms with Crippen molar-refractivity contribution in [2.24, 2.45) is 5.73 Å². The number of benzene rings is 1. The molecule has 2 heterocycles. The molecule has 1 aromatic carbocycles. The number of aromatic carboxylic acids is 1. The van der Waals surface area contributed by atoms with E-state index in [0.29, 0.717) is 24.7 Å². The van der Waals surface area contributed by atoms with E-state index in [1.165, 1.54) is 6.07 Å². The number of nitrogens with zero attached hydrogens (tertiary/aromatic N) is 2. The summed E-state index contributed by atoms with van der Waals surface area (Å²) in [6.45, 7) is 2.79. The lowest BCUT2D eigenvalue weighted by Crippen LogP contribution is -2.39. The number of hydrogen-bond donors (Lipinski definition) is 4. The Hall–Kier alpha value is -3.15. The number of pyridine rings is 1. The van der Waals surface area contributed by atoms with Gasteiger partial charge >= 0.3 is 5.97 Å². The minimum atomic E-state index is -1.23. The fraction of sp³-hybridized carbons (Fsp3) is 0.278. The highest BCUT2D eigenvalue weighted by Crippen LogP contribution is 2.26. The Morgan fingerprint density at radius 3 is 2.85 bits per heavy atom. The zero-order valence-electron chi connectivity index (χ0n) is 14.2. The first-order chi connectivity index (χ1) is 12.5. The number of anilines is 3. The smallest absolute Gasteiger partial charge is 0.340 e. The lowest BCUT2D eigenvalue weighted by Gasteiger charge is -2.18. The third-order valence-corrected chi connectivity index (χ3v) is 4.09. The maximum absolute atomic E-state index is 11.7. The Bertz CT molecular complexity index is 878. The summed E-state index contributed by atoms with van der Waals surface area (Å²) in [6, 6.07) is 10.4. The molecule has 1 saturated heterocycles. The largest absolute Gasteiger partial charge is 0.478 e. The first kappa shape index (κ1) is 17.7. The first-order valence-corrected chi connectivity index (χ1v) is 8.10. The maximum Gasteiger partial charge on any atom is 0.340 e. The van der Waals surface area contributed by atoms with Gasteiger partial charge in [-0.25, -0.2) is 9.78 Å². The summed E-state index contributed by atoms with van der Waals surface area (Å²) in [5, 5.41) is 25.1. The van der Waals surface area contributed by atoms with Crippen molar-refractivity contribution < 1.29 is 14.6 Å². The molecule has 0 aliphatic carbocycles. The molecule has 1 aliphatic heterocycles. The number of carbonyl (C=O) groups is 1. The molecule has 3 rings (SSSR count). The number of aromatic nitrogens is 1. The van der Waals surface area contributed by atoms with E-state index in [1.807, 2.05) is 31.2 Å². The summed E-state index contributed by atoms with van der Waals surface area (Å²) in [4.78, 5) is 16.0. The topological polar surface area (TPSA) is 133 Å². The summed E-state index contributed by atoms with van der Waals surface area (Å²) >= 11 is 0. The quantitative estimate of drug-likeness (QED) is 0.640. The molecular formula is C18H19N5O3. The number of carboxylic acid groups (broad SMARTS) is 1. The van der Waals surface area contributed by atoms with E-state index in [4.69, 9.17) is 10.5 Å². The van der Waals surface area contributed by atoms with E-state index in [9.17, 15) is 15.2 Å². The van der Waals surface area contributed by atoms with Crippen LogP contribution >= 0.6 is 0 Å². The molecule has 8 nitrogen and oxygen atoms in total. The van der Waals surface area contributed by atoms with Gasteiger partial charge in [-0.2, -0.15) is 5.26 Å². The summed E-state index contributed by atoms with van der Waals surface area (Å²) in [5.74, 6) is -0.763. The number of nitriles is 1. The van der Waals surface area contributed by atoms with Crippen molar-refractivity contribution in [2.45, 2.75) is 19.0 Å². The van der Waals surface area contributed by atoms with Gasteiger partial charge < -0.3 is 26.2 Å². The zero-order chi connectivity index (χ0) is 18.7. The molecule has 5 N–H and O–H groups in total. The van der Waals surface area contributed by atoms with Gasteiger partial charge in [0.15, 0.2) is 0 Å². The average Bonchev–Trinajstić information content (AvgIpc) is 2.99. The van der Waals surface area contributed by atoms with E-state index >= 15 is 0 Å². The molecule has 2 aromatic rings. The van der Waals surface area contributed by atoms with Crippen molar-refractivity contribution in [3.63, 3.8) is 0 Å². The standard InChI is InChI=1S/C18H19N5O3/c1-10-3-2-4-12(5-10)21-17-16(18(24)25)11(7-19)6-15(23-17)22-14-9-26-8-13(14)20/h2-6,13-14H,8-9,20H2,1H3,(H,24,25)(H2,21,22,23)/t13-,14+/m0/s1. The van der Waals surface area contributed by atoms with Crippen molar-refractivity contribution in [1.29, 1.82) is 5.26 Å². The van der Waals surface area contributed by atoms with Crippen molar-refractivity contribution >= 4 is 23.3 Å². The van der Waals surface area contributed by atoms with Crippen LogP contribution in [0.1, 0.15) is 21.5 Å². The number of nitrogens with one attached hydrogen (secondary N) is 2. The second-order valence-electron chi connectivity index (χ2n) is 6.14. The van der Waals surface area contributed by atoms with Gasteiger partial charge in [-0.05, 0) is 30.7 Å². The van der Waals surface area contributed by atoms with Crippen LogP contribution in [-0.4, -0.2) is 41.4 Å². The van der Waals surface area contributed by atoms with Gasteiger partial charge in [-0.1, -0.05) is 12.1 Å². The van der Waals surface area contributed by atoms with E-state index in [2.05, 4.69) is 15.6 Å². The first-order valence-electron chi connectivity index (χ1n) is 8.10. The van der Waals surface area contributed by atoms with Crippen molar-refractivity contribution in [1.82, 2.24) is 4.98 Å². The fourth-order valence-electron chi connectivity index (χ4n) is 2.78. The normalized spacial score (nSPS) is 19.0. The molecule has 8 heteroatoms. The Kier molecular flexibility index (Phi) is 5.02. The molecule has 0 saturated carbocycles. The molecule has 0 unspecified atom stereocenters. The molecule has 0 amide bonds. The third kappa shape index (κ3) is 3.74. The van der Waals surface area contributed by atoms with Crippen LogP contribution in [0.25, 0.3) is 0 Å². The number of ether oxygens (including phenoxy) is 1. The second kappa shape index (κ2) is 7.39. The minimum Gasteiger partial charge on any atom is -0.478 e. The third-order valence-electron chi connectivity index (χ3n) is 4.09. The lowest BCUT2D eigenvalue weighted by atomic mass is 10.1. The van der Waals surface area contributed by atoms with E-state index in [0.717, 1.165) is 5.56 Å². The van der Waals surface area contributed by atoms with E-state index in [1.54, 1.807) is 6.07 Å². The molecule has 0 spiro atoms. The minimum absolute atomic E-state index is 0.0117. The summed E-state index contributed by atoms with van der Waals surface area (Å²) in [7, 11) is 0. The average molecular weight is 353 g/mol. The molecule has 1 aromatic heterocycles. The van der Waals surface area contributed by atoms with Gasteiger partial charge in [0.2, 0.25) is 0 Å². The van der Waals surface area contributed by atoms with Crippen LogP contribution < -0.4 is 16.4 Å². The Balaban J connectivity index is 2.00. The molecule has 1 fully saturated rings. The van der Waals surface area contributed by atoms with Gasteiger partial charge in [-0.15, -0.1) is 0 Å². The van der Waals surface area contributed by atoms with Gasteiger partial charge in [0.1, 0.15) is 23.3 Å². The Morgan fingerprint density at radius 1 is 1.42 bits per heavy atom. The number of hydrogen-bond acceptors (Lipinski definition) is 7. The molecule has 26 heavy (non-hydrogen) atoms. The number of nitrogens with two attached hydrogens (primary N) is 1. The lowest BCUT2D eigenvalue weighted by molar-refractivity contribution is 0.0697. The fourth-order valence-corrected chi connectivity index (χ4v) is 2.78. The second-order valence-corrected chi connectivity index (χ2v) is 6.14. The predicted molar refractivity (Wildman–Crippen MR) is 96.6 cm³/mol.